The third-order valence-electron chi connectivity index (χ3n) is 2.52. The predicted octanol–water partition coefficient (Wildman–Crippen LogP) is 4.03. The van der Waals surface area contributed by atoms with E-state index in [9.17, 15) is 8.78 Å². The average Bonchev–Trinajstić information content (AvgIpc) is 2.26. The second kappa shape index (κ2) is 6.16. The summed E-state index contributed by atoms with van der Waals surface area (Å²) in [5.41, 5.74) is 0.986. The number of hydrogen-bond acceptors (Lipinski definition) is 1. The molecule has 1 rings (SSSR count). The molecule has 1 N–H and O–H groups in total. The topological polar surface area (TPSA) is 12.0 Å². The fourth-order valence-electron chi connectivity index (χ4n) is 1.53. The first kappa shape index (κ1) is 13.4. The summed E-state index contributed by atoms with van der Waals surface area (Å²) in [4.78, 5) is 0. The van der Waals surface area contributed by atoms with E-state index in [2.05, 4.69) is 5.32 Å². The minimum absolute atomic E-state index is 0.0544. The van der Waals surface area contributed by atoms with Crippen LogP contribution in [0.3, 0.4) is 0 Å². The smallest absolute Gasteiger partial charge is 0.253 e. The normalized spacial score (nSPS) is 15.1. The largest absolute Gasteiger partial charge is 0.302 e. The Labute approximate surface area is 99.8 Å². The molecule has 0 bridgehead atoms. The molecule has 2 unspecified atom stereocenters. The lowest BCUT2D eigenvalue weighted by atomic mass is 10.0. The van der Waals surface area contributed by atoms with Crippen LogP contribution in [-0.4, -0.2) is 12.5 Å². The van der Waals surface area contributed by atoms with Gasteiger partial charge in [0.2, 0.25) is 0 Å². The van der Waals surface area contributed by atoms with Gasteiger partial charge in [0.25, 0.3) is 6.43 Å². The molecule has 1 aromatic rings. The summed E-state index contributed by atoms with van der Waals surface area (Å²) in [7, 11) is 0. The quantitative estimate of drug-likeness (QED) is 0.828. The highest BCUT2D eigenvalue weighted by molar-refractivity contribution is 6.30. The molecule has 0 amide bonds. The van der Waals surface area contributed by atoms with E-state index in [-0.39, 0.29) is 6.04 Å². The maximum Gasteiger partial charge on any atom is 0.253 e. The van der Waals surface area contributed by atoms with Gasteiger partial charge in [-0.2, -0.15) is 0 Å². The zero-order valence-electron chi connectivity index (χ0n) is 9.38. The molecular weight excluding hydrogens is 232 g/mol. The molecule has 0 saturated heterocycles. The number of rotatable bonds is 5. The van der Waals surface area contributed by atoms with Gasteiger partial charge in [-0.3, -0.25) is 0 Å². The van der Waals surface area contributed by atoms with Crippen LogP contribution in [0.5, 0.6) is 0 Å². The summed E-state index contributed by atoms with van der Waals surface area (Å²) in [6.07, 6.45) is -1.58. The molecule has 0 aliphatic carbocycles. The highest BCUT2D eigenvalue weighted by Gasteiger charge is 2.18. The summed E-state index contributed by atoms with van der Waals surface area (Å²) in [5.74, 6) is 0. The van der Waals surface area contributed by atoms with E-state index in [0.717, 1.165) is 12.0 Å². The second-order valence-corrected chi connectivity index (χ2v) is 4.24. The van der Waals surface area contributed by atoms with E-state index in [1.54, 1.807) is 12.1 Å². The van der Waals surface area contributed by atoms with Gasteiger partial charge in [-0.05, 0) is 31.0 Å². The van der Waals surface area contributed by atoms with Crippen LogP contribution in [0.25, 0.3) is 0 Å². The fraction of sp³-hybridized carbons (Fsp3) is 0.500. The zero-order valence-corrected chi connectivity index (χ0v) is 10.1. The van der Waals surface area contributed by atoms with E-state index in [1.807, 2.05) is 19.1 Å². The zero-order chi connectivity index (χ0) is 12.1. The molecule has 0 radical (unpaired) electrons. The summed E-state index contributed by atoms with van der Waals surface area (Å²) < 4.78 is 24.8. The van der Waals surface area contributed by atoms with E-state index >= 15 is 0 Å². The number of benzene rings is 1. The van der Waals surface area contributed by atoms with Crippen molar-refractivity contribution in [3.63, 3.8) is 0 Å². The van der Waals surface area contributed by atoms with Gasteiger partial charge < -0.3 is 5.32 Å². The lowest BCUT2D eigenvalue weighted by Gasteiger charge is -2.22. The van der Waals surface area contributed by atoms with Gasteiger partial charge in [0.1, 0.15) is 0 Å². The van der Waals surface area contributed by atoms with E-state index in [4.69, 9.17) is 11.6 Å². The van der Waals surface area contributed by atoms with Crippen molar-refractivity contribution in [2.75, 3.05) is 0 Å². The summed E-state index contributed by atoms with van der Waals surface area (Å²) in [6.45, 7) is 3.45. The molecule has 0 spiro atoms. The fourth-order valence-corrected chi connectivity index (χ4v) is 1.66. The minimum Gasteiger partial charge on any atom is -0.302 e. The third-order valence-corrected chi connectivity index (χ3v) is 2.77. The van der Waals surface area contributed by atoms with Crippen molar-refractivity contribution in [3.8, 4) is 0 Å². The Morgan fingerprint density at radius 2 is 1.81 bits per heavy atom. The van der Waals surface area contributed by atoms with Crippen LogP contribution in [0.2, 0.25) is 5.02 Å². The highest BCUT2D eigenvalue weighted by atomic mass is 35.5. The third kappa shape index (κ3) is 3.72. The molecule has 0 saturated carbocycles. The van der Waals surface area contributed by atoms with E-state index in [1.165, 1.54) is 6.92 Å². The number of nitrogens with one attached hydrogen (secondary N) is 1. The van der Waals surface area contributed by atoms with Crippen LogP contribution >= 0.6 is 11.6 Å². The lowest BCUT2D eigenvalue weighted by Crippen LogP contribution is -2.35. The van der Waals surface area contributed by atoms with Crippen molar-refractivity contribution in [1.29, 1.82) is 0 Å². The van der Waals surface area contributed by atoms with Crippen molar-refractivity contribution >= 4 is 11.6 Å². The van der Waals surface area contributed by atoms with Crippen LogP contribution in [-0.2, 0) is 0 Å². The van der Waals surface area contributed by atoms with Crippen molar-refractivity contribution in [3.05, 3.63) is 34.9 Å². The second-order valence-electron chi connectivity index (χ2n) is 3.80. The van der Waals surface area contributed by atoms with Crippen LogP contribution in [0.4, 0.5) is 8.78 Å². The minimum atomic E-state index is -2.35. The number of hydrogen-bond donors (Lipinski definition) is 1. The standard InChI is InChI=1S/C12H16ClF2N/c1-3-11(16-8(2)12(14)15)9-4-6-10(13)7-5-9/h4-8,11-12,16H,3H2,1-2H3. The summed E-state index contributed by atoms with van der Waals surface area (Å²) in [5, 5.41) is 3.56. The first-order valence-electron chi connectivity index (χ1n) is 5.34. The molecule has 16 heavy (non-hydrogen) atoms. The SMILES string of the molecule is CCC(NC(C)C(F)F)c1ccc(Cl)cc1. The maximum absolute atomic E-state index is 12.4. The summed E-state index contributed by atoms with van der Waals surface area (Å²) in [6, 6.07) is 6.41. The Morgan fingerprint density at radius 1 is 1.25 bits per heavy atom. The Morgan fingerprint density at radius 3 is 2.25 bits per heavy atom. The molecule has 0 heterocycles. The number of halogens is 3. The van der Waals surface area contributed by atoms with Gasteiger partial charge in [-0.1, -0.05) is 30.7 Å². The molecule has 90 valence electrons. The van der Waals surface area contributed by atoms with Gasteiger partial charge in [-0.25, -0.2) is 8.78 Å². The molecule has 4 heteroatoms. The summed E-state index contributed by atoms with van der Waals surface area (Å²) >= 11 is 5.78. The Balaban J connectivity index is 2.70. The highest BCUT2D eigenvalue weighted by Crippen LogP contribution is 2.20. The van der Waals surface area contributed by atoms with Gasteiger partial charge in [-0.15, -0.1) is 0 Å². The van der Waals surface area contributed by atoms with Crippen LogP contribution in [0.1, 0.15) is 31.9 Å². The Hall–Kier alpha value is -0.670. The monoisotopic (exact) mass is 247 g/mol. The predicted molar refractivity (Wildman–Crippen MR) is 63.1 cm³/mol. The molecule has 0 aliphatic heterocycles. The van der Waals surface area contributed by atoms with Gasteiger partial charge in [0.05, 0.1) is 6.04 Å². The molecule has 1 aromatic carbocycles. The maximum atomic E-state index is 12.4. The lowest BCUT2D eigenvalue weighted by molar-refractivity contribution is 0.0995. The van der Waals surface area contributed by atoms with Gasteiger partial charge in [0, 0.05) is 11.1 Å². The van der Waals surface area contributed by atoms with Crippen molar-refractivity contribution in [1.82, 2.24) is 5.32 Å². The van der Waals surface area contributed by atoms with Crippen molar-refractivity contribution in [2.24, 2.45) is 0 Å². The van der Waals surface area contributed by atoms with Crippen LogP contribution in [0, 0.1) is 0 Å². The van der Waals surface area contributed by atoms with Crippen molar-refractivity contribution in [2.45, 2.75) is 38.8 Å². The van der Waals surface area contributed by atoms with Crippen LogP contribution < -0.4 is 5.32 Å². The van der Waals surface area contributed by atoms with Gasteiger partial charge >= 0.3 is 0 Å². The molecular formula is C12H16ClF2N. The van der Waals surface area contributed by atoms with E-state index < -0.39 is 12.5 Å². The molecule has 0 fully saturated rings. The molecule has 2 atom stereocenters. The van der Waals surface area contributed by atoms with Crippen molar-refractivity contribution < 1.29 is 8.78 Å². The van der Waals surface area contributed by atoms with Gasteiger partial charge in [0.15, 0.2) is 0 Å². The van der Waals surface area contributed by atoms with Crippen LogP contribution in [0.15, 0.2) is 24.3 Å². The first-order chi connectivity index (χ1) is 7.54. The Bertz CT molecular complexity index is 313. The number of alkyl halides is 2. The Kier molecular flexibility index (Phi) is 5.16. The average molecular weight is 248 g/mol. The molecule has 1 nitrogen and oxygen atoms in total. The first-order valence-corrected chi connectivity index (χ1v) is 5.72. The molecule has 0 aromatic heterocycles. The van der Waals surface area contributed by atoms with E-state index in [0.29, 0.717) is 5.02 Å². The molecule has 0 aliphatic rings.